The molecule has 1 amide bonds. The standard InChI is InChI=1S/C12H18N4OS/c1-3-14-11-7-13-6-10(15-11)12(17)16(2)9-4-5-18-8-9/h6-7,9H,3-5,8H2,1-2H3,(H,14,15). The fourth-order valence-corrected chi connectivity index (χ4v) is 3.18. The maximum absolute atomic E-state index is 12.3. The van der Waals surface area contributed by atoms with Crippen LogP contribution >= 0.6 is 11.8 Å². The molecule has 5 nitrogen and oxygen atoms in total. The van der Waals surface area contributed by atoms with E-state index in [0.29, 0.717) is 17.6 Å². The molecule has 2 heterocycles. The van der Waals surface area contributed by atoms with E-state index in [1.807, 2.05) is 25.7 Å². The van der Waals surface area contributed by atoms with Crippen molar-refractivity contribution in [3.05, 3.63) is 18.1 Å². The summed E-state index contributed by atoms with van der Waals surface area (Å²) in [6.07, 6.45) is 4.22. The van der Waals surface area contributed by atoms with E-state index < -0.39 is 0 Å². The molecule has 1 aliphatic heterocycles. The van der Waals surface area contributed by atoms with E-state index in [1.165, 1.54) is 6.20 Å². The predicted octanol–water partition coefficient (Wildman–Crippen LogP) is 1.49. The van der Waals surface area contributed by atoms with Crippen LogP contribution in [0.15, 0.2) is 12.4 Å². The van der Waals surface area contributed by atoms with Crippen LogP contribution in [0.2, 0.25) is 0 Å². The summed E-state index contributed by atoms with van der Waals surface area (Å²) in [7, 11) is 1.85. The van der Waals surface area contributed by atoms with Crippen LogP contribution in [0, 0.1) is 0 Å². The van der Waals surface area contributed by atoms with E-state index in [9.17, 15) is 4.79 Å². The van der Waals surface area contributed by atoms with Gasteiger partial charge < -0.3 is 10.2 Å². The van der Waals surface area contributed by atoms with Gasteiger partial charge in [-0.1, -0.05) is 0 Å². The van der Waals surface area contributed by atoms with Crippen molar-refractivity contribution < 1.29 is 4.79 Å². The quantitative estimate of drug-likeness (QED) is 0.894. The lowest BCUT2D eigenvalue weighted by Crippen LogP contribution is -2.37. The van der Waals surface area contributed by atoms with Gasteiger partial charge in [-0.3, -0.25) is 9.78 Å². The van der Waals surface area contributed by atoms with Crippen molar-refractivity contribution in [1.82, 2.24) is 14.9 Å². The van der Waals surface area contributed by atoms with E-state index in [0.717, 1.165) is 24.5 Å². The Morgan fingerprint density at radius 1 is 1.61 bits per heavy atom. The minimum atomic E-state index is -0.0465. The smallest absolute Gasteiger partial charge is 0.274 e. The van der Waals surface area contributed by atoms with Crippen LogP contribution in [0.3, 0.4) is 0 Å². The zero-order chi connectivity index (χ0) is 13.0. The highest BCUT2D eigenvalue weighted by Gasteiger charge is 2.25. The van der Waals surface area contributed by atoms with Gasteiger partial charge in [0.25, 0.3) is 5.91 Å². The summed E-state index contributed by atoms with van der Waals surface area (Å²) in [6.45, 7) is 2.75. The number of anilines is 1. The molecule has 1 unspecified atom stereocenters. The zero-order valence-corrected chi connectivity index (χ0v) is 11.5. The maximum atomic E-state index is 12.3. The fourth-order valence-electron chi connectivity index (χ4n) is 1.91. The first-order valence-corrected chi connectivity index (χ1v) is 7.28. The number of amides is 1. The third kappa shape index (κ3) is 2.93. The normalized spacial score (nSPS) is 18.7. The molecule has 2 rings (SSSR count). The van der Waals surface area contributed by atoms with Crippen molar-refractivity contribution >= 4 is 23.5 Å². The van der Waals surface area contributed by atoms with Gasteiger partial charge in [-0.25, -0.2) is 4.98 Å². The Hall–Kier alpha value is -1.30. The minimum Gasteiger partial charge on any atom is -0.369 e. The maximum Gasteiger partial charge on any atom is 0.274 e. The van der Waals surface area contributed by atoms with Crippen molar-refractivity contribution in [2.45, 2.75) is 19.4 Å². The van der Waals surface area contributed by atoms with Gasteiger partial charge >= 0.3 is 0 Å². The number of nitrogens with zero attached hydrogens (tertiary/aromatic N) is 3. The molecule has 0 aliphatic carbocycles. The second-order valence-electron chi connectivity index (χ2n) is 4.25. The van der Waals surface area contributed by atoms with Gasteiger partial charge in [0.15, 0.2) is 0 Å². The molecule has 0 spiro atoms. The Kier molecular flexibility index (Phi) is 4.41. The van der Waals surface area contributed by atoms with Crippen LogP contribution in [-0.4, -0.2) is 51.9 Å². The van der Waals surface area contributed by atoms with E-state index in [-0.39, 0.29) is 5.91 Å². The first-order chi connectivity index (χ1) is 8.72. The lowest BCUT2D eigenvalue weighted by molar-refractivity contribution is 0.0741. The van der Waals surface area contributed by atoms with E-state index in [2.05, 4.69) is 15.3 Å². The molecule has 98 valence electrons. The van der Waals surface area contributed by atoms with Gasteiger partial charge in [-0.05, 0) is 19.1 Å². The first kappa shape index (κ1) is 13.1. The SMILES string of the molecule is CCNc1cncc(C(=O)N(C)C2CCSC2)n1. The van der Waals surface area contributed by atoms with Gasteiger partial charge in [-0.2, -0.15) is 11.8 Å². The summed E-state index contributed by atoms with van der Waals surface area (Å²) in [5.74, 6) is 2.75. The molecule has 1 saturated heterocycles. The summed E-state index contributed by atoms with van der Waals surface area (Å²) in [6, 6.07) is 0.326. The summed E-state index contributed by atoms with van der Waals surface area (Å²) >= 11 is 1.89. The molecule has 0 saturated carbocycles. The van der Waals surface area contributed by atoms with E-state index in [1.54, 1.807) is 11.1 Å². The first-order valence-electron chi connectivity index (χ1n) is 6.13. The third-order valence-corrected chi connectivity index (χ3v) is 4.13. The third-order valence-electron chi connectivity index (χ3n) is 2.99. The molecular formula is C12H18N4OS. The lowest BCUT2D eigenvalue weighted by Gasteiger charge is -2.23. The largest absolute Gasteiger partial charge is 0.369 e. The number of carbonyl (C=O) groups excluding carboxylic acids is 1. The summed E-state index contributed by atoms with van der Waals surface area (Å²) in [5.41, 5.74) is 0.410. The number of hydrogen-bond acceptors (Lipinski definition) is 5. The van der Waals surface area contributed by atoms with Crippen LogP contribution in [0.25, 0.3) is 0 Å². The number of aromatic nitrogens is 2. The highest BCUT2D eigenvalue weighted by atomic mass is 32.2. The zero-order valence-electron chi connectivity index (χ0n) is 10.7. The molecule has 1 N–H and O–H groups in total. The average Bonchev–Trinajstić information content (AvgIpc) is 2.91. The molecule has 1 aliphatic rings. The van der Waals surface area contributed by atoms with E-state index in [4.69, 9.17) is 0 Å². The molecule has 0 radical (unpaired) electrons. The molecular weight excluding hydrogens is 248 g/mol. The number of thioether (sulfide) groups is 1. The van der Waals surface area contributed by atoms with Crippen LogP contribution in [0.5, 0.6) is 0 Å². The molecule has 0 bridgehead atoms. The number of nitrogens with one attached hydrogen (secondary N) is 1. The molecule has 1 fully saturated rings. The topological polar surface area (TPSA) is 58.1 Å². The number of carbonyl (C=O) groups is 1. The van der Waals surface area contributed by atoms with Crippen molar-refractivity contribution in [3.8, 4) is 0 Å². The average molecular weight is 266 g/mol. The van der Waals surface area contributed by atoms with Gasteiger partial charge in [0.1, 0.15) is 11.5 Å². The Bertz CT molecular complexity index is 420. The van der Waals surface area contributed by atoms with Crippen molar-refractivity contribution in [1.29, 1.82) is 0 Å². The van der Waals surface area contributed by atoms with Gasteiger partial charge in [0.05, 0.1) is 12.4 Å². The van der Waals surface area contributed by atoms with Crippen molar-refractivity contribution in [2.75, 3.05) is 30.4 Å². The molecule has 1 atom stereocenters. The van der Waals surface area contributed by atoms with Crippen LogP contribution in [-0.2, 0) is 0 Å². The molecule has 1 aromatic rings. The second-order valence-corrected chi connectivity index (χ2v) is 5.40. The van der Waals surface area contributed by atoms with Gasteiger partial charge in [0.2, 0.25) is 0 Å². The highest BCUT2D eigenvalue weighted by molar-refractivity contribution is 7.99. The van der Waals surface area contributed by atoms with Crippen LogP contribution < -0.4 is 5.32 Å². The second kappa shape index (κ2) is 6.04. The fraction of sp³-hybridized carbons (Fsp3) is 0.583. The summed E-state index contributed by atoms with van der Waals surface area (Å²) in [5, 5.41) is 3.06. The van der Waals surface area contributed by atoms with Crippen molar-refractivity contribution in [2.24, 2.45) is 0 Å². The van der Waals surface area contributed by atoms with Crippen LogP contribution in [0.1, 0.15) is 23.8 Å². The number of hydrogen-bond donors (Lipinski definition) is 1. The highest BCUT2D eigenvalue weighted by Crippen LogP contribution is 2.22. The molecule has 0 aromatic carbocycles. The van der Waals surface area contributed by atoms with Crippen LogP contribution in [0.4, 0.5) is 5.82 Å². The van der Waals surface area contributed by atoms with Gasteiger partial charge in [-0.15, -0.1) is 0 Å². The summed E-state index contributed by atoms with van der Waals surface area (Å²) < 4.78 is 0. The number of rotatable bonds is 4. The Morgan fingerprint density at radius 3 is 3.11 bits per heavy atom. The predicted molar refractivity (Wildman–Crippen MR) is 74.0 cm³/mol. The molecule has 1 aromatic heterocycles. The minimum absolute atomic E-state index is 0.0465. The Balaban J connectivity index is 2.09. The molecule has 6 heteroatoms. The lowest BCUT2D eigenvalue weighted by atomic mass is 10.2. The Morgan fingerprint density at radius 2 is 2.44 bits per heavy atom. The molecule has 18 heavy (non-hydrogen) atoms. The van der Waals surface area contributed by atoms with Gasteiger partial charge in [0, 0.05) is 25.4 Å². The van der Waals surface area contributed by atoms with Crippen molar-refractivity contribution in [3.63, 3.8) is 0 Å². The Labute approximate surface area is 111 Å². The summed E-state index contributed by atoms with van der Waals surface area (Å²) in [4.78, 5) is 22.4. The monoisotopic (exact) mass is 266 g/mol. The van der Waals surface area contributed by atoms with E-state index >= 15 is 0 Å².